The number of carbonyl (C=O) groups excluding carboxylic acids is 1. The number of hydrogen-bond acceptors (Lipinski definition) is 6. The number of piperazine rings is 1. The average molecular weight is 367 g/mol. The molecule has 27 heavy (non-hydrogen) atoms. The van der Waals surface area contributed by atoms with Crippen molar-refractivity contribution in [2.24, 2.45) is 11.7 Å². The molecule has 1 amide bonds. The number of anilines is 1. The molecule has 0 radical (unpaired) electrons. The summed E-state index contributed by atoms with van der Waals surface area (Å²) in [6, 6.07) is 12.2. The first-order chi connectivity index (χ1) is 13.0. The monoisotopic (exact) mass is 367 g/mol. The van der Waals surface area contributed by atoms with E-state index in [4.69, 9.17) is 10.5 Å². The van der Waals surface area contributed by atoms with Crippen LogP contribution in [0.4, 0.5) is 5.82 Å². The van der Waals surface area contributed by atoms with Gasteiger partial charge >= 0.3 is 0 Å². The van der Waals surface area contributed by atoms with Crippen LogP contribution in [-0.2, 0) is 4.79 Å². The van der Waals surface area contributed by atoms with Crippen molar-refractivity contribution < 1.29 is 9.53 Å². The Kier molecular flexibility index (Phi) is 6.09. The van der Waals surface area contributed by atoms with Crippen molar-refractivity contribution in [1.29, 1.82) is 0 Å². The predicted molar refractivity (Wildman–Crippen MR) is 102 cm³/mol. The van der Waals surface area contributed by atoms with Crippen molar-refractivity contribution in [1.82, 2.24) is 14.9 Å². The predicted octanol–water partition coefficient (Wildman–Crippen LogP) is 1.46. The fourth-order valence-corrected chi connectivity index (χ4v) is 2.87. The van der Waals surface area contributed by atoms with Crippen molar-refractivity contribution >= 4 is 11.7 Å². The number of nitrogens with two attached hydrogens (primary N) is 1. The summed E-state index contributed by atoms with van der Waals surface area (Å²) in [5, 5.41) is 0. The van der Waals surface area contributed by atoms with E-state index in [1.165, 1.54) is 6.33 Å². The van der Waals surface area contributed by atoms with E-state index in [0.717, 1.165) is 5.82 Å². The van der Waals surface area contributed by atoms with E-state index in [2.05, 4.69) is 40.8 Å². The topological polar surface area (TPSA) is 84.6 Å². The smallest absolute Gasteiger partial charge is 0.244 e. The average Bonchev–Trinajstić information content (AvgIpc) is 2.72. The molecule has 7 nitrogen and oxygen atoms in total. The number of hydrogen-bond donors (Lipinski definition) is 1. The molecular weight excluding hydrogens is 342 g/mol. The molecule has 0 aliphatic carbocycles. The Hall–Kier alpha value is -2.85. The maximum Gasteiger partial charge on any atom is 0.244 e. The summed E-state index contributed by atoms with van der Waals surface area (Å²) in [5.41, 5.74) is 6.76. The maximum absolute atomic E-state index is 12.6. The van der Waals surface area contributed by atoms with Crippen LogP contribution in [0, 0.1) is 18.1 Å². The highest BCUT2D eigenvalue weighted by atomic mass is 16.5. The largest absolute Gasteiger partial charge is 0.477 e. The van der Waals surface area contributed by atoms with Crippen LogP contribution in [0.2, 0.25) is 0 Å². The molecule has 1 aliphatic rings. The van der Waals surface area contributed by atoms with Gasteiger partial charge in [-0.1, -0.05) is 32.0 Å². The minimum atomic E-state index is -0.705. The first kappa shape index (κ1) is 18.9. The molecule has 2 aromatic rings. The van der Waals surface area contributed by atoms with Crippen LogP contribution >= 0.6 is 0 Å². The number of aromatic nitrogens is 2. The molecule has 0 unspecified atom stereocenters. The lowest BCUT2D eigenvalue weighted by Crippen LogP contribution is -2.51. The number of ether oxygens (including phenoxy) is 1. The van der Waals surface area contributed by atoms with Gasteiger partial charge in [-0.05, 0) is 18.1 Å². The molecule has 2 N–H and O–H groups in total. The molecule has 1 aromatic heterocycles. The summed E-state index contributed by atoms with van der Waals surface area (Å²) in [6.07, 6.45) is 1.51. The first-order valence-electron chi connectivity index (χ1n) is 9.17. The quantitative estimate of drug-likeness (QED) is 0.832. The van der Waals surface area contributed by atoms with E-state index >= 15 is 0 Å². The molecule has 7 heteroatoms. The lowest BCUT2D eigenvalue weighted by molar-refractivity contribution is -0.133. The number of nitrogens with zero attached hydrogens (tertiary/aromatic N) is 4. The van der Waals surface area contributed by atoms with Crippen LogP contribution in [0.5, 0.6) is 5.88 Å². The van der Waals surface area contributed by atoms with E-state index in [1.807, 2.05) is 12.1 Å². The fraction of sp³-hybridized carbons (Fsp3) is 0.450. The fourth-order valence-electron chi connectivity index (χ4n) is 2.87. The summed E-state index contributed by atoms with van der Waals surface area (Å²) in [6.45, 7) is 7.35. The lowest BCUT2D eigenvalue weighted by Gasteiger charge is -2.36. The molecule has 1 saturated heterocycles. The highest BCUT2D eigenvalue weighted by Gasteiger charge is 2.27. The van der Waals surface area contributed by atoms with Gasteiger partial charge in [0.25, 0.3) is 0 Å². The Bertz CT molecular complexity index is 745. The summed E-state index contributed by atoms with van der Waals surface area (Å²) in [5.74, 6) is 1.73. The lowest BCUT2D eigenvalue weighted by atomic mass is 10.1. The van der Waals surface area contributed by atoms with Crippen LogP contribution in [-0.4, -0.2) is 53.6 Å². The Labute approximate surface area is 160 Å². The van der Waals surface area contributed by atoms with Crippen LogP contribution in [0.1, 0.15) is 25.5 Å². The molecule has 1 atom stereocenters. The van der Waals surface area contributed by atoms with Gasteiger partial charge in [0.2, 0.25) is 11.8 Å². The van der Waals surface area contributed by atoms with E-state index in [1.54, 1.807) is 17.0 Å². The van der Waals surface area contributed by atoms with Gasteiger partial charge in [0, 0.05) is 37.8 Å². The third-order valence-electron chi connectivity index (χ3n) is 4.38. The normalized spacial score (nSPS) is 15.4. The van der Waals surface area contributed by atoms with Crippen LogP contribution in [0.25, 0.3) is 0 Å². The van der Waals surface area contributed by atoms with E-state index < -0.39 is 6.04 Å². The third kappa shape index (κ3) is 4.86. The van der Waals surface area contributed by atoms with E-state index in [0.29, 0.717) is 50.1 Å². The maximum atomic E-state index is 12.6. The number of rotatable bonds is 6. The first-order valence-corrected chi connectivity index (χ1v) is 9.17. The zero-order valence-electron chi connectivity index (χ0n) is 15.8. The van der Waals surface area contributed by atoms with E-state index in [9.17, 15) is 4.79 Å². The van der Waals surface area contributed by atoms with Gasteiger partial charge < -0.3 is 20.3 Å². The summed E-state index contributed by atoms with van der Waals surface area (Å²) in [4.78, 5) is 25.1. The summed E-state index contributed by atoms with van der Waals surface area (Å²) >= 11 is 0. The van der Waals surface area contributed by atoms with Gasteiger partial charge in [-0.3, -0.25) is 4.79 Å². The summed E-state index contributed by atoms with van der Waals surface area (Å²) < 4.78 is 5.67. The van der Waals surface area contributed by atoms with E-state index in [-0.39, 0.29) is 5.91 Å². The van der Waals surface area contributed by atoms with Crippen LogP contribution < -0.4 is 15.4 Å². The molecule has 0 bridgehead atoms. The second kappa shape index (κ2) is 8.69. The number of amides is 1. The number of carbonyl (C=O) groups is 1. The molecule has 1 fully saturated rings. The molecule has 1 aliphatic heterocycles. The molecule has 3 rings (SSSR count). The van der Waals surface area contributed by atoms with Crippen LogP contribution in [0.15, 0.2) is 30.6 Å². The SMILES string of the molecule is CC(C)COc1cc(N2CCN(C(=O)[C@@H](N)c3c#cccc3)CC2)ncn1. The van der Waals surface area contributed by atoms with Crippen molar-refractivity contribution in [2.45, 2.75) is 19.9 Å². The second-order valence-electron chi connectivity index (χ2n) is 6.96. The Morgan fingerprint density at radius 3 is 2.74 bits per heavy atom. The standard InChI is InChI=1S/C20H25N5O2/c1-15(2)13-27-18-12-17(22-14-23-18)24-8-10-25(11-9-24)20(26)19(21)16-6-4-3-5-7-16/h3-4,6,12,14-15,19H,8-11,13,21H2,1-2H3/t19-/m0/s1. The van der Waals surface area contributed by atoms with Crippen LogP contribution in [0.3, 0.4) is 0 Å². The minimum absolute atomic E-state index is 0.0888. The Morgan fingerprint density at radius 2 is 2.07 bits per heavy atom. The minimum Gasteiger partial charge on any atom is -0.477 e. The summed E-state index contributed by atoms with van der Waals surface area (Å²) in [7, 11) is 0. The zero-order chi connectivity index (χ0) is 19.2. The molecule has 0 spiro atoms. The zero-order valence-corrected chi connectivity index (χ0v) is 15.8. The van der Waals surface area contributed by atoms with Crippen molar-refractivity contribution in [2.75, 3.05) is 37.7 Å². The highest BCUT2D eigenvalue weighted by Crippen LogP contribution is 2.19. The molecular formula is C20H25N5O2. The second-order valence-corrected chi connectivity index (χ2v) is 6.96. The van der Waals surface area contributed by atoms with Crippen molar-refractivity contribution in [3.63, 3.8) is 0 Å². The van der Waals surface area contributed by atoms with Gasteiger partial charge in [0.05, 0.1) is 6.61 Å². The van der Waals surface area contributed by atoms with Gasteiger partial charge in [0.15, 0.2) is 0 Å². The molecule has 1 aromatic carbocycles. The Balaban J connectivity index is 1.57. The highest BCUT2D eigenvalue weighted by molar-refractivity contribution is 5.83. The molecule has 142 valence electrons. The van der Waals surface area contributed by atoms with Gasteiger partial charge in [-0.25, -0.2) is 9.97 Å². The van der Waals surface area contributed by atoms with Gasteiger partial charge in [-0.2, -0.15) is 0 Å². The van der Waals surface area contributed by atoms with Crippen molar-refractivity contribution in [3.8, 4) is 5.88 Å². The molecule has 0 saturated carbocycles. The third-order valence-corrected chi connectivity index (χ3v) is 4.38. The van der Waals surface area contributed by atoms with Gasteiger partial charge in [0.1, 0.15) is 18.2 Å². The van der Waals surface area contributed by atoms with Gasteiger partial charge in [-0.15, -0.1) is 0 Å². The Morgan fingerprint density at radius 1 is 1.30 bits per heavy atom. The molecule has 2 heterocycles. The van der Waals surface area contributed by atoms with Crippen molar-refractivity contribution in [3.05, 3.63) is 48.3 Å².